The molecule has 3 heteroatoms. The molecule has 0 N–H and O–H groups in total. The maximum atomic E-state index is 13.0. The van der Waals surface area contributed by atoms with Gasteiger partial charge in [-0.1, -0.05) is 42.5 Å². The molecule has 3 nitrogen and oxygen atoms in total. The van der Waals surface area contributed by atoms with Crippen molar-refractivity contribution in [2.45, 2.75) is 20.0 Å². The third kappa shape index (κ3) is 3.00. The Bertz CT molecular complexity index is 717. The van der Waals surface area contributed by atoms with Gasteiger partial charge in [-0.25, -0.2) is 0 Å². The second kappa shape index (κ2) is 6.69. The normalized spacial score (nSPS) is 18.4. The number of carbonyl (C=O) groups is 1. The Morgan fingerprint density at radius 1 is 1.00 bits per heavy atom. The molecular weight excluding hydrogens is 286 g/mol. The lowest BCUT2D eigenvalue weighted by Gasteiger charge is -2.29. The molecule has 0 amide bonds. The quantitative estimate of drug-likeness (QED) is 0.792. The van der Waals surface area contributed by atoms with E-state index in [9.17, 15) is 4.79 Å². The third-order valence-corrected chi connectivity index (χ3v) is 4.16. The summed E-state index contributed by atoms with van der Waals surface area (Å²) in [6.45, 7) is 5.88. The van der Waals surface area contributed by atoms with Gasteiger partial charge in [0.15, 0.2) is 11.9 Å². The summed E-state index contributed by atoms with van der Waals surface area (Å²) >= 11 is 0. The number of rotatable bonds is 4. The van der Waals surface area contributed by atoms with Gasteiger partial charge in [0, 0.05) is 19.3 Å². The monoisotopic (exact) mass is 307 g/mol. The molecule has 3 rings (SSSR count). The Labute approximate surface area is 137 Å². The smallest absolute Gasteiger partial charge is 0.198 e. The topological polar surface area (TPSA) is 29.5 Å². The number of nitrogens with zero attached hydrogens (tertiary/aromatic N) is 1. The van der Waals surface area contributed by atoms with Crippen LogP contribution in [0, 0.1) is 0 Å². The zero-order valence-electron chi connectivity index (χ0n) is 13.5. The number of para-hydroxylation sites is 1. The van der Waals surface area contributed by atoms with E-state index in [2.05, 4.69) is 18.7 Å². The first kappa shape index (κ1) is 15.3. The van der Waals surface area contributed by atoms with Gasteiger partial charge >= 0.3 is 0 Å². The van der Waals surface area contributed by atoms with Crippen molar-refractivity contribution in [2.75, 3.05) is 13.1 Å². The van der Waals surface area contributed by atoms with Gasteiger partial charge in [0.05, 0.1) is 11.1 Å². The van der Waals surface area contributed by atoms with Crippen LogP contribution in [0.3, 0.4) is 0 Å². The number of hydrogen-bond donors (Lipinski definition) is 0. The third-order valence-electron chi connectivity index (χ3n) is 4.16. The van der Waals surface area contributed by atoms with Crippen molar-refractivity contribution in [2.24, 2.45) is 0 Å². The molecule has 0 fully saturated rings. The van der Waals surface area contributed by atoms with Crippen LogP contribution in [0.15, 0.2) is 66.4 Å². The van der Waals surface area contributed by atoms with E-state index < -0.39 is 0 Å². The molecule has 1 heterocycles. The lowest BCUT2D eigenvalue weighted by molar-refractivity contribution is 0.0956. The molecule has 118 valence electrons. The van der Waals surface area contributed by atoms with Gasteiger partial charge < -0.3 is 9.64 Å². The van der Waals surface area contributed by atoms with Gasteiger partial charge in [-0.3, -0.25) is 4.79 Å². The maximum absolute atomic E-state index is 13.0. The molecule has 1 unspecified atom stereocenters. The summed E-state index contributed by atoms with van der Waals surface area (Å²) in [4.78, 5) is 15.1. The highest BCUT2D eigenvalue weighted by molar-refractivity contribution is 6.12. The van der Waals surface area contributed by atoms with E-state index in [1.807, 2.05) is 60.8 Å². The lowest BCUT2D eigenvalue weighted by Crippen LogP contribution is -2.27. The number of Topliss-reactive ketones (excluding diaryl/α,β-unsaturated/α-hetero) is 1. The first-order valence-corrected chi connectivity index (χ1v) is 8.05. The zero-order valence-corrected chi connectivity index (χ0v) is 13.5. The van der Waals surface area contributed by atoms with E-state index in [0.717, 1.165) is 18.7 Å². The average Bonchev–Trinajstić information content (AvgIpc) is 2.62. The summed E-state index contributed by atoms with van der Waals surface area (Å²) < 4.78 is 6.18. The molecule has 23 heavy (non-hydrogen) atoms. The largest absolute Gasteiger partial charge is 0.480 e. The van der Waals surface area contributed by atoms with E-state index in [-0.39, 0.29) is 11.9 Å². The number of ketones is 1. The Kier molecular flexibility index (Phi) is 4.47. The minimum atomic E-state index is -0.362. The summed E-state index contributed by atoms with van der Waals surface area (Å²) in [7, 11) is 0. The SMILES string of the molecule is CCN(C=C1C(=O)c2ccccc2OC1c1ccccc1)CC. The van der Waals surface area contributed by atoms with Crippen LogP contribution < -0.4 is 4.74 Å². The van der Waals surface area contributed by atoms with E-state index in [1.54, 1.807) is 0 Å². The van der Waals surface area contributed by atoms with E-state index in [4.69, 9.17) is 4.74 Å². The summed E-state index contributed by atoms with van der Waals surface area (Å²) in [5.74, 6) is 0.704. The van der Waals surface area contributed by atoms with Crippen molar-refractivity contribution in [3.05, 3.63) is 77.5 Å². The van der Waals surface area contributed by atoms with Gasteiger partial charge in [0.25, 0.3) is 0 Å². The van der Waals surface area contributed by atoms with E-state index >= 15 is 0 Å². The molecule has 1 aliphatic rings. The molecule has 0 aromatic heterocycles. The summed E-state index contributed by atoms with van der Waals surface area (Å²) in [6, 6.07) is 17.4. The lowest BCUT2D eigenvalue weighted by atomic mass is 9.91. The van der Waals surface area contributed by atoms with Gasteiger partial charge in [-0.15, -0.1) is 0 Å². The zero-order chi connectivity index (χ0) is 16.2. The Hall–Kier alpha value is -2.55. The second-order valence-electron chi connectivity index (χ2n) is 5.54. The molecule has 0 aliphatic carbocycles. The predicted octanol–water partition coefficient (Wildman–Crippen LogP) is 4.23. The fourth-order valence-electron chi connectivity index (χ4n) is 2.83. The van der Waals surface area contributed by atoms with E-state index in [1.165, 1.54) is 0 Å². The molecule has 0 saturated heterocycles. The maximum Gasteiger partial charge on any atom is 0.198 e. The van der Waals surface area contributed by atoms with Crippen LogP contribution in [0.5, 0.6) is 5.75 Å². The fraction of sp³-hybridized carbons (Fsp3) is 0.250. The van der Waals surface area contributed by atoms with Crippen molar-refractivity contribution in [1.82, 2.24) is 4.90 Å². The molecule has 0 radical (unpaired) electrons. The van der Waals surface area contributed by atoms with Crippen molar-refractivity contribution < 1.29 is 9.53 Å². The van der Waals surface area contributed by atoms with Crippen LogP contribution >= 0.6 is 0 Å². The molecule has 0 bridgehead atoms. The van der Waals surface area contributed by atoms with Crippen LogP contribution in [0.4, 0.5) is 0 Å². The van der Waals surface area contributed by atoms with Crippen LogP contribution in [0.2, 0.25) is 0 Å². The molecule has 0 saturated carbocycles. The van der Waals surface area contributed by atoms with Crippen LogP contribution in [0.1, 0.15) is 35.9 Å². The highest BCUT2D eigenvalue weighted by Crippen LogP contribution is 2.38. The first-order valence-electron chi connectivity index (χ1n) is 8.05. The van der Waals surface area contributed by atoms with Crippen molar-refractivity contribution in [3.63, 3.8) is 0 Å². The highest BCUT2D eigenvalue weighted by atomic mass is 16.5. The summed E-state index contributed by atoms with van der Waals surface area (Å²) in [6.07, 6.45) is 1.59. The standard InChI is InChI=1S/C20H21NO2/c1-3-21(4-2)14-17-19(22)16-12-8-9-13-18(16)23-20(17)15-10-6-5-7-11-15/h5-14,20H,3-4H2,1-2H3. The predicted molar refractivity (Wildman–Crippen MR) is 91.6 cm³/mol. The Morgan fingerprint density at radius 2 is 1.65 bits per heavy atom. The number of benzene rings is 2. The van der Waals surface area contributed by atoms with Crippen molar-refractivity contribution in [3.8, 4) is 5.75 Å². The van der Waals surface area contributed by atoms with Gasteiger partial charge in [-0.2, -0.15) is 0 Å². The number of hydrogen-bond acceptors (Lipinski definition) is 3. The number of fused-ring (bicyclic) bond motifs is 1. The Balaban J connectivity index is 2.10. The second-order valence-corrected chi connectivity index (χ2v) is 5.54. The molecule has 2 aromatic rings. The van der Waals surface area contributed by atoms with E-state index in [0.29, 0.717) is 16.9 Å². The molecule has 2 aromatic carbocycles. The Morgan fingerprint density at radius 3 is 2.35 bits per heavy atom. The molecule has 1 aliphatic heterocycles. The first-order chi connectivity index (χ1) is 11.2. The van der Waals surface area contributed by atoms with Crippen molar-refractivity contribution in [1.29, 1.82) is 0 Å². The van der Waals surface area contributed by atoms with Gasteiger partial charge in [0.1, 0.15) is 5.75 Å². The molecule has 0 spiro atoms. The minimum absolute atomic E-state index is 0.0487. The number of carbonyl (C=O) groups excluding carboxylic acids is 1. The fourth-order valence-corrected chi connectivity index (χ4v) is 2.83. The average molecular weight is 307 g/mol. The van der Waals surface area contributed by atoms with Gasteiger partial charge in [0.2, 0.25) is 0 Å². The van der Waals surface area contributed by atoms with Crippen LogP contribution in [0.25, 0.3) is 0 Å². The molecule has 1 atom stereocenters. The van der Waals surface area contributed by atoms with Gasteiger partial charge in [-0.05, 0) is 31.5 Å². The van der Waals surface area contributed by atoms with Crippen LogP contribution in [-0.2, 0) is 0 Å². The van der Waals surface area contributed by atoms with Crippen molar-refractivity contribution >= 4 is 5.78 Å². The number of ether oxygens (including phenoxy) is 1. The van der Waals surface area contributed by atoms with Crippen LogP contribution in [-0.4, -0.2) is 23.8 Å². The molecular formula is C20H21NO2. The minimum Gasteiger partial charge on any atom is -0.480 e. The highest BCUT2D eigenvalue weighted by Gasteiger charge is 2.33. The summed E-state index contributed by atoms with van der Waals surface area (Å²) in [5.41, 5.74) is 2.32. The summed E-state index contributed by atoms with van der Waals surface area (Å²) in [5, 5.41) is 0.